The van der Waals surface area contributed by atoms with E-state index < -0.39 is 15.8 Å². The Balaban J connectivity index is 2.29. The third kappa shape index (κ3) is 3.70. The van der Waals surface area contributed by atoms with Gasteiger partial charge in [0.05, 0.1) is 16.2 Å². The Bertz CT molecular complexity index is 746. The third-order valence-corrected chi connectivity index (χ3v) is 4.91. The maximum atomic E-state index is 12.3. The Morgan fingerprint density at radius 2 is 1.67 bits per heavy atom. The molecule has 2 aromatic carbocycles. The van der Waals surface area contributed by atoms with E-state index in [0.717, 1.165) is 12.0 Å². The number of benzene rings is 2. The van der Waals surface area contributed by atoms with E-state index in [2.05, 4.69) is 0 Å². The Morgan fingerprint density at radius 3 is 2.24 bits per heavy atom. The number of rotatable bonds is 5. The highest BCUT2D eigenvalue weighted by atomic mass is 32.2. The topological polar surface area (TPSA) is 71.4 Å². The van der Waals surface area contributed by atoms with Crippen LogP contribution in [0.5, 0.6) is 0 Å². The van der Waals surface area contributed by atoms with Crippen molar-refractivity contribution in [3.05, 3.63) is 65.2 Å². The number of hydrogen-bond donors (Lipinski definition) is 1. The van der Waals surface area contributed by atoms with Gasteiger partial charge < -0.3 is 5.11 Å². The van der Waals surface area contributed by atoms with Crippen molar-refractivity contribution >= 4 is 15.8 Å². The fraction of sp³-hybridized carbons (Fsp3) is 0.188. The van der Waals surface area contributed by atoms with E-state index in [1.807, 2.05) is 19.1 Å². The van der Waals surface area contributed by atoms with E-state index in [1.54, 1.807) is 12.1 Å². The highest BCUT2D eigenvalue weighted by Gasteiger charge is 2.17. The van der Waals surface area contributed by atoms with Crippen molar-refractivity contribution in [1.82, 2.24) is 0 Å². The smallest absolute Gasteiger partial charge is 0.335 e. The van der Waals surface area contributed by atoms with Gasteiger partial charge in [0.25, 0.3) is 0 Å². The zero-order chi connectivity index (χ0) is 15.5. The average molecular weight is 304 g/mol. The van der Waals surface area contributed by atoms with Crippen LogP contribution >= 0.6 is 0 Å². The lowest BCUT2D eigenvalue weighted by Gasteiger charge is -2.06. The normalized spacial score (nSPS) is 11.3. The summed E-state index contributed by atoms with van der Waals surface area (Å²) < 4.78 is 24.7. The van der Waals surface area contributed by atoms with Gasteiger partial charge in [0.1, 0.15) is 0 Å². The number of sulfone groups is 1. The Labute approximate surface area is 124 Å². The Kier molecular flexibility index (Phi) is 4.43. The maximum absolute atomic E-state index is 12.3. The molecule has 0 aliphatic carbocycles. The maximum Gasteiger partial charge on any atom is 0.335 e. The molecule has 0 fully saturated rings. The largest absolute Gasteiger partial charge is 0.478 e. The summed E-state index contributed by atoms with van der Waals surface area (Å²) in [7, 11) is -3.55. The Hall–Kier alpha value is -2.14. The van der Waals surface area contributed by atoms with Gasteiger partial charge >= 0.3 is 5.97 Å². The van der Waals surface area contributed by atoms with Crippen molar-refractivity contribution in [2.24, 2.45) is 0 Å². The first kappa shape index (κ1) is 15.3. The second-order valence-corrected chi connectivity index (χ2v) is 6.75. The van der Waals surface area contributed by atoms with Crippen LogP contribution in [0.1, 0.15) is 28.4 Å². The summed E-state index contributed by atoms with van der Waals surface area (Å²) in [5.74, 6) is -1.28. The van der Waals surface area contributed by atoms with Crippen LogP contribution in [0.3, 0.4) is 0 Å². The van der Waals surface area contributed by atoms with Crippen molar-refractivity contribution in [3.8, 4) is 0 Å². The van der Waals surface area contributed by atoms with Crippen LogP contribution in [-0.2, 0) is 22.0 Å². The number of aryl methyl sites for hydroxylation is 1. The van der Waals surface area contributed by atoms with Gasteiger partial charge in [-0.05, 0) is 35.7 Å². The van der Waals surface area contributed by atoms with Gasteiger partial charge in [-0.15, -0.1) is 0 Å². The summed E-state index contributed by atoms with van der Waals surface area (Å²) in [6.07, 6.45) is 0.897. The van der Waals surface area contributed by atoms with E-state index in [4.69, 9.17) is 5.11 Å². The second kappa shape index (κ2) is 6.10. The van der Waals surface area contributed by atoms with Crippen LogP contribution in [0.4, 0.5) is 0 Å². The highest BCUT2D eigenvalue weighted by molar-refractivity contribution is 7.90. The first-order valence-corrected chi connectivity index (χ1v) is 8.21. The van der Waals surface area contributed by atoms with Gasteiger partial charge in [-0.25, -0.2) is 13.2 Å². The molecule has 0 amide bonds. The zero-order valence-corrected chi connectivity index (χ0v) is 12.4. The SMILES string of the molecule is CCc1ccc(CS(=O)(=O)c2cccc(C(=O)O)c2)cc1. The molecule has 0 heterocycles. The van der Waals surface area contributed by atoms with Gasteiger partial charge in [-0.1, -0.05) is 37.3 Å². The van der Waals surface area contributed by atoms with Crippen molar-refractivity contribution in [1.29, 1.82) is 0 Å². The molecule has 0 saturated heterocycles. The molecular weight excluding hydrogens is 288 g/mol. The molecular formula is C16H16O4S. The molecule has 0 bridgehead atoms. The number of carboxylic acids is 1. The van der Waals surface area contributed by atoms with Crippen molar-refractivity contribution in [2.45, 2.75) is 24.0 Å². The molecule has 1 N–H and O–H groups in total. The summed E-state index contributed by atoms with van der Waals surface area (Å²) in [5.41, 5.74) is 1.80. The molecule has 21 heavy (non-hydrogen) atoms. The summed E-state index contributed by atoms with van der Waals surface area (Å²) in [6, 6.07) is 12.8. The molecule has 0 unspecified atom stereocenters. The molecule has 0 aliphatic heterocycles. The minimum atomic E-state index is -3.55. The molecule has 110 valence electrons. The lowest BCUT2D eigenvalue weighted by molar-refractivity contribution is 0.0696. The predicted octanol–water partition coefficient (Wildman–Crippen LogP) is 2.92. The van der Waals surface area contributed by atoms with Gasteiger partial charge in [-0.3, -0.25) is 0 Å². The minimum absolute atomic E-state index is 0.0296. The van der Waals surface area contributed by atoms with E-state index in [9.17, 15) is 13.2 Å². The molecule has 2 aromatic rings. The van der Waals surface area contributed by atoms with Crippen LogP contribution < -0.4 is 0 Å². The van der Waals surface area contributed by atoms with Crippen LogP contribution in [0.2, 0.25) is 0 Å². The molecule has 5 heteroatoms. The van der Waals surface area contributed by atoms with E-state index >= 15 is 0 Å². The summed E-state index contributed by atoms with van der Waals surface area (Å²) in [6.45, 7) is 2.03. The quantitative estimate of drug-likeness (QED) is 0.922. The summed E-state index contributed by atoms with van der Waals surface area (Å²) >= 11 is 0. The fourth-order valence-corrected chi connectivity index (χ4v) is 3.39. The fourth-order valence-electron chi connectivity index (χ4n) is 2.00. The van der Waals surface area contributed by atoms with E-state index in [-0.39, 0.29) is 16.2 Å². The lowest BCUT2D eigenvalue weighted by Crippen LogP contribution is -2.07. The lowest BCUT2D eigenvalue weighted by atomic mass is 10.1. The number of aromatic carboxylic acids is 1. The number of carbonyl (C=O) groups is 1. The van der Waals surface area contributed by atoms with Gasteiger partial charge in [0.2, 0.25) is 0 Å². The van der Waals surface area contributed by atoms with Gasteiger partial charge in [0.15, 0.2) is 9.84 Å². The van der Waals surface area contributed by atoms with Gasteiger partial charge in [-0.2, -0.15) is 0 Å². The highest BCUT2D eigenvalue weighted by Crippen LogP contribution is 2.18. The molecule has 0 spiro atoms. The van der Waals surface area contributed by atoms with Crippen molar-refractivity contribution < 1.29 is 18.3 Å². The molecule has 4 nitrogen and oxygen atoms in total. The molecule has 0 saturated carbocycles. The summed E-state index contributed by atoms with van der Waals surface area (Å²) in [5, 5.41) is 8.93. The molecule has 0 radical (unpaired) electrons. The van der Waals surface area contributed by atoms with Crippen LogP contribution in [0.15, 0.2) is 53.4 Å². The minimum Gasteiger partial charge on any atom is -0.478 e. The number of hydrogen-bond acceptors (Lipinski definition) is 3. The molecule has 0 aromatic heterocycles. The second-order valence-electron chi connectivity index (χ2n) is 4.76. The predicted molar refractivity (Wildman–Crippen MR) is 80.1 cm³/mol. The monoisotopic (exact) mass is 304 g/mol. The van der Waals surface area contributed by atoms with E-state index in [0.29, 0.717) is 5.56 Å². The molecule has 2 rings (SSSR count). The average Bonchev–Trinajstić information content (AvgIpc) is 2.48. The third-order valence-electron chi connectivity index (χ3n) is 3.23. The molecule has 0 atom stereocenters. The standard InChI is InChI=1S/C16H16O4S/c1-2-12-6-8-13(9-7-12)11-21(19,20)15-5-3-4-14(10-15)16(17)18/h3-10H,2,11H2,1H3,(H,17,18). The first-order valence-electron chi connectivity index (χ1n) is 6.56. The number of carboxylic acid groups (broad SMARTS) is 1. The van der Waals surface area contributed by atoms with E-state index in [1.165, 1.54) is 24.3 Å². The van der Waals surface area contributed by atoms with Gasteiger partial charge in [0, 0.05) is 0 Å². The van der Waals surface area contributed by atoms with Crippen LogP contribution in [-0.4, -0.2) is 19.5 Å². The first-order chi connectivity index (χ1) is 9.92. The van der Waals surface area contributed by atoms with Crippen LogP contribution in [0, 0.1) is 0 Å². The summed E-state index contributed by atoms with van der Waals surface area (Å²) in [4.78, 5) is 10.9. The van der Waals surface area contributed by atoms with Crippen LogP contribution in [0.25, 0.3) is 0 Å². The van der Waals surface area contributed by atoms with Crippen molar-refractivity contribution in [3.63, 3.8) is 0 Å². The van der Waals surface area contributed by atoms with Crippen molar-refractivity contribution in [2.75, 3.05) is 0 Å². The zero-order valence-electron chi connectivity index (χ0n) is 11.6. The molecule has 0 aliphatic rings. The Morgan fingerprint density at radius 1 is 1.05 bits per heavy atom.